The molecule has 0 saturated heterocycles. The van der Waals surface area contributed by atoms with Gasteiger partial charge in [-0.15, -0.1) is 0 Å². The summed E-state index contributed by atoms with van der Waals surface area (Å²) in [5.74, 6) is -0.240. The summed E-state index contributed by atoms with van der Waals surface area (Å²) in [7, 11) is 1.80. The summed E-state index contributed by atoms with van der Waals surface area (Å²) in [6.45, 7) is 1.82. The summed E-state index contributed by atoms with van der Waals surface area (Å²) in [5.41, 5.74) is 2.45. The molecule has 0 aliphatic rings. The molecule has 6 nitrogen and oxygen atoms in total. The van der Waals surface area contributed by atoms with Gasteiger partial charge in [0.25, 0.3) is 5.56 Å². The van der Waals surface area contributed by atoms with Gasteiger partial charge in [-0.1, -0.05) is 48.5 Å². The molecule has 138 valence electrons. The van der Waals surface area contributed by atoms with Crippen molar-refractivity contribution in [1.29, 1.82) is 0 Å². The fourth-order valence-corrected chi connectivity index (χ4v) is 3.03. The van der Waals surface area contributed by atoms with Crippen LogP contribution < -0.4 is 16.2 Å². The molecule has 27 heavy (non-hydrogen) atoms. The number of carbonyl (C=O) groups excluding carboxylic acids is 1. The number of thiocarbonyl (C=S) groups is 1. The van der Waals surface area contributed by atoms with Crippen molar-refractivity contribution in [2.75, 3.05) is 5.32 Å². The van der Waals surface area contributed by atoms with Crippen LogP contribution in [-0.2, 0) is 18.3 Å². The van der Waals surface area contributed by atoms with E-state index >= 15 is 0 Å². The highest BCUT2D eigenvalue weighted by atomic mass is 32.1. The summed E-state index contributed by atoms with van der Waals surface area (Å²) in [5, 5.41) is 5.59. The first kappa shape index (κ1) is 18.6. The summed E-state index contributed by atoms with van der Waals surface area (Å²) >= 11 is 5.22. The van der Waals surface area contributed by atoms with Crippen LogP contribution in [0.25, 0.3) is 5.69 Å². The van der Waals surface area contributed by atoms with Gasteiger partial charge in [-0.2, -0.15) is 0 Å². The highest BCUT2D eigenvalue weighted by Gasteiger charge is 2.17. The molecule has 0 fully saturated rings. The smallest absolute Gasteiger partial charge is 0.295 e. The number of anilines is 1. The maximum atomic E-state index is 12.8. The SMILES string of the molecule is Cc1c(NC(=S)NC(=O)Cc2ccccc2)c(=O)n(-c2ccccc2)n1C. The minimum atomic E-state index is -0.240. The molecule has 1 amide bonds. The molecular weight excluding hydrogens is 360 g/mol. The molecule has 0 saturated carbocycles. The maximum Gasteiger partial charge on any atom is 0.295 e. The Bertz CT molecular complexity index is 1020. The predicted molar refractivity (Wildman–Crippen MR) is 110 cm³/mol. The Balaban J connectivity index is 1.75. The quantitative estimate of drug-likeness (QED) is 0.683. The summed E-state index contributed by atoms with van der Waals surface area (Å²) in [4.78, 5) is 25.0. The van der Waals surface area contributed by atoms with Crippen molar-refractivity contribution in [1.82, 2.24) is 14.7 Å². The van der Waals surface area contributed by atoms with E-state index in [1.165, 1.54) is 0 Å². The topological polar surface area (TPSA) is 68.1 Å². The Hall–Kier alpha value is -3.19. The van der Waals surface area contributed by atoms with Crippen molar-refractivity contribution < 1.29 is 4.79 Å². The lowest BCUT2D eigenvalue weighted by atomic mass is 10.1. The molecule has 0 atom stereocenters. The van der Waals surface area contributed by atoms with Crippen molar-refractivity contribution in [2.45, 2.75) is 13.3 Å². The van der Waals surface area contributed by atoms with E-state index in [9.17, 15) is 9.59 Å². The van der Waals surface area contributed by atoms with Gasteiger partial charge in [0.15, 0.2) is 5.11 Å². The molecule has 0 aliphatic heterocycles. The van der Waals surface area contributed by atoms with E-state index in [0.29, 0.717) is 11.4 Å². The molecule has 1 heterocycles. The second-order valence-corrected chi connectivity index (χ2v) is 6.51. The van der Waals surface area contributed by atoms with Crippen LogP contribution in [0.4, 0.5) is 5.69 Å². The molecule has 0 aliphatic carbocycles. The zero-order chi connectivity index (χ0) is 19.4. The number of aromatic nitrogens is 2. The molecule has 3 rings (SSSR count). The summed E-state index contributed by atoms with van der Waals surface area (Å²) in [6.07, 6.45) is 0.213. The van der Waals surface area contributed by atoms with E-state index in [1.807, 2.05) is 67.6 Å². The number of carbonyl (C=O) groups is 1. The summed E-state index contributed by atoms with van der Waals surface area (Å²) in [6, 6.07) is 18.7. The number of hydrogen-bond acceptors (Lipinski definition) is 3. The van der Waals surface area contributed by atoms with Crippen LogP contribution >= 0.6 is 12.2 Å². The van der Waals surface area contributed by atoms with Gasteiger partial charge < -0.3 is 10.6 Å². The number of benzene rings is 2. The second kappa shape index (κ2) is 8.01. The second-order valence-electron chi connectivity index (χ2n) is 6.10. The molecular formula is C20H20N4O2S. The molecule has 0 bridgehead atoms. The number of hydrogen-bond donors (Lipinski definition) is 2. The predicted octanol–water partition coefficient (Wildman–Crippen LogP) is 2.54. The van der Waals surface area contributed by atoms with Gasteiger partial charge in [0, 0.05) is 7.05 Å². The van der Waals surface area contributed by atoms with E-state index in [1.54, 1.807) is 16.4 Å². The first-order valence-corrected chi connectivity index (χ1v) is 8.87. The van der Waals surface area contributed by atoms with Gasteiger partial charge in [-0.05, 0) is 36.8 Å². The maximum absolute atomic E-state index is 12.8. The molecule has 7 heteroatoms. The van der Waals surface area contributed by atoms with Crippen LogP contribution in [0, 0.1) is 6.92 Å². The van der Waals surface area contributed by atoms with E-state index in [-0.39, 0.29) is 23.0 Å². The highest BCUT2D eigenvalue weighted by molar-refractivity contribution is 7.80. The Morgan fingerprint density at radius 2 is 1.63 bits per heavy atom. The van der Waals surface area contributed by atoms with Gasteiger partial charge in [0.1, 0.15) is 5.69 Å². The van der Waals surface area contributed by atoms with Crippen molar-refractivity contribution >= 4 is 28.9 Å². The normalized spacial score (nSPS) is 10.4. The molecule has 0 spiro atoms. The average Bonchev–Trinajstić information content (AvgIpc) is 2.86. The zero-order valence-corrected chi connectivity index (χ0v) is 15.9. The monoisotopic (exact) mass is 380 g/mol. The van der Waals surface area contributed by atoms with Gasteiger partial charge in [-0.3, -0.25) is 14.3 Å². The van der Waals surface area contributed by atoms with Crippen molar-refractivity contribution in [2.24, 2.45) is 7.05 Å². The average molecular weight is 380 g/mol. The Morgan fingerprint density at radius 3 is 2.26 bits per heavy atom. The van der Waals surface area contributed by atoms with Gasteiger partial charge in [0.05, 0.1) is 17.8 Å². The van der Waals surface area contributed by atoms with E-state index in [2.05, 4.69) is 10.6 Å². The Labute approximate surface area is 162 Å². The standard InChI is InChI=1S/C20H20N4O2S/c1-14-18(19(26)24(23(14)2)16-11-7-4-8-12-16)22-20(27)21-17(25)13-15-9-5-3-6-10-15/h3-12H,13H2,1-2H3,(H2,21,22,25,27). The number of rotatable bonds is 4. The lowest BCUT2D eigenvalue weighted by Crippen LogP contribution is -2.36. The van der Waals surface area contributed by atoms with Crippen LogP contribution in [0.3, 0.4) is 0 Å². The fraction of sp³-hybridized carbons (Fsp3) is 0.150. The summed E-state index contributed by atoms with van der Waals surface area (Å²) < 4.78 is 3.29. The van der Waals surface area contributed by atoms with E-state index in [4.69, 9.17) is 12.2 Å². The van der Waals surface area contributed by atoms with Gasteiger partial charge >= 0.3 is 0 Å². The Kier molecular flexibility index (Phi) is 5.52. The third-order valence-electron chi connectivity index (χ3n) is 4.25. The van der Waals surface area contributed by atoms with Gasteiger partial charge in [0.2, 0.25) is 5.91 Å². The fourth-order valence-electron chi connectivity index (χ4n) is 2.81. The van der Waals surface area contributed by atoms with E-state index in [0.717, 1.165) is 11.3 Å². The first-order valence-electron chi connectivity index (χ1n) is 8.46. The molecule has 3 aromatic rings. The molecule has 0 radical (unpaired) electrons. The van der Waals surface area contributed by atoms with Crippen LogP contribution in [0.1, 0.15) is 11.3 Å². The lowest BCUT2D eigenvalue weighted by molar-refractivity contribution is -0.119. The van der Waals surface area contributed by atoms with Crippen molar-refractivity contribution in [3.05, 3.63) is 82.3 Å². The van der Waals surface area contributed by atoms with Crippen molar-refractivity contribution in [3.8, 4) is 5.69 Å². The van der Waals surface area contributed by atoms with Crippen LogP contribution in [-0.4, -0.2) is 20.4 Å². The van der Waals surface area contributed by atoms with Crippen LogP contribution in [0.5, 0.6) is 0 Å². The van der Waals surface area contributed by atoms with Gasteiger partial charge in [-0.25, -0.2) is 4.68 Å². The molecule has 0 unspecified atom stereocenters. The van der Waals surface area contributed by atoms with Crippen LogP contribution in [0.15, 0.2) is 65.5 Å². The third-order valence-corrected chi connectivity index (χ3v) is 4.46. The van der Waals surface area contributed by atoms with Crippen LogP contribution in [0.2, 0.25) is 0 Å². The first-order chi connectivity index (χ1) is 13.0. The molecule has 1 aromatic heterocycles. The minimum absolute atomic E-state index is 0.0990. The minimum Gasteiger partial charge on any atom is -0.326 e. The third kappa shape index (κ3) is 4.15. The zero-order valence-electron chi connectivity index (χ0n) is 15.1. The molecule has 2 N–H and O–H groups in total. The Morgan fingerprint density at radius 1 is 1.04 bits per heavy atom. The number of nitrogens with one attached hydrogen (secondary N) is 2. The van der Waals surface area contributed by atoms with E-state index < -0.39 is 0 Å². The number of nitrogens with zero attached hydrogens (tertiary/aromatic N) is 2. The number of amides is 1. The highest BCUT2D eigenvalue weighted by Crippen LogP contribution is 2.13. The molecule has 2 aromatic carbocycles. The largest absolute Gasteiger partial charge is 0.326 e. The van der Waals surface area contributed by atoms with Crippen molar-refractivity contribution in [3.63, 3.8) is 0 Å². The lowest BCUT2D eigenvalue weighted by Gasteiger charge is -2.08. The number of para-hydroxylation sites is 1.